The van der Waals surface area contributed by atoms with E-state index in [2.05, 4.69) is 116 Å². The number of anilines is 2. The molecular weight excluding hydrogens is 402 g/mol. The second-order valence-corrected chi connectivity index (χ2v) is 8.90. The van der Waals surface area contributed by atoms with Crippen molar-refractivity contribution in [2.24, 2.45) is 0 Å². The standard InChI is InChI=1S/C31H25NO/c1-20(2)27-19-23-11-6-7-12-25(23)29-26-13-8-14-28(30(26)33-31(27)29)32-24-17-15-22(16-18-24)21-9-4-3-5-10-21/h3-20,32H,1-2H3. The second-order valence-electron chi connectivity index (χ2n) is 8.90. The van der Waals surface area contributed by atoms with Gasteiger partial charge in [0.1, 0.15) is 5.58 Å². The maximum atomic E-state index is 6.59. The molecule has 0 amide bonds. The van der Waals surface area contributed by atoms with Crippen LogP contribution in [0.4, 0.5) is 11.4 Å². The van der Waals surface area contributed by atoms with Crippen LogP contribution in [0.5, 0.6) is 0 Å². The first-order valence-corrected chi connectivity index (χ1v) is 11.5. The minimum Gasteiger partial charge on any atom is -0.454 e. The van der Waals surface area contributed by atoms with Gasteiger partial charge in [-0.05, 0) is 57.6 Å². The topological polar surface area (TPSA) is 25.2 Å². The Morgan fingerprint density at radius 2 is 1.33 bits per heavy atom. The predicted molar refractivity (Wildman–Crippen MR) is 140 cm³/mol. The quantitative estimate of drug-likeness (QED) is 0.303. The molecule has 2 heteroatoms. The van der Waals surface area contributed by atoms with Crippen molar-refractivity contribution in [2.75, 3.05) is 5.32 Å². The first-order chi connectivity index (χ1) is 16.2. The molecule has 0 aliphatic carbocycles. The highest BCUT2D eigenvalue weighted by atomic mass is 16.3. The van der Waals surface area contributed by atoms with Crippen LogP contribution < -0.4 is 5.32 Å². The van der Waals surface area contributed by atoms with Crippen molar-refractivity contribution in [3.63, 3.8) is 0 Å². The molecule has 6 rings (SSSR count). The summed E-state index contributed by atoms with van der Waals surface area (Å²) in [6.07, 6.45) is 0. The van der Waals surface area contributed by atoms with E-state index >= 15 is 0 Å². The second kappa shape index (κ2) is 7.83. The molecule has 0 fully saturated rings. The van der Waals surface area contributed by atoms with Crippen LogP contribution >= 0.6 is 0 Å². The lowest BCUT2D eigenvalue weighted by molar-refractivity contribution is 0.658. The highest BCUT2D eigenvalue weighted by Crippen LogP contribution is 2.42. The number of benzene rings is 5. The van der Waals surface area contributed by atoms with Crippen molar-refractivity contribution in [2.45, 2.75) is 19.8 Å². The molecule has 0 aliphatic heterocycles. The molecule has 6 aromatic rings. The monoisotopic (exact) mass is 427 g/mol. The SMILES string of the molecule is CC(C)c1cc2ccccc2c2c1oc1c(Nc3ccc(-c4ccccc4)cc3)cccc12. The highest BCUT2D eigenvalue weighted by Gasteiger charge is 2.18. The smallest absolute Gasteiger partial charge is 0.158 e. The van der Waals surface area contributed by atoms with Gasteiger partial charge in [0.15, 0.2) is 5.58 Å². The van der Waals surface area contributed by atoms with E-state index in [0.29, 0.717) is 5.92 Å². The van der Waals surface area contributed by atoms with Gasteiger partial charge in [-0.25, -0.2) is 0 Å². The summed E-state index contributed by atoms with van der Waals surface area (Å²) >= 11 is 0. The molecule has 2 nitrogen and oxygen atoms in total. The minimum absolute atomic E-state index is 0.375. The minimum atomic E-state index is 0.375. The Hall–Kier alpha value is -4.04. The lowest BCUT2D eigenvalue weighted by Gasteiger charge is -2.09. The van der Waals surface area contributed by atoms with Crippen LogP contribution in [0.2, 0.25) is 0 Å². The van der Waals surface area contributed by atoms with Gasteiger partial charge in [0.25, 0.3) is 0 Å². The molecule has 1 aromatic heterocycles. The zero-order valence-electron chi connectivity index (χ0n) is 18.8. The van der Waals surface area contributed by atoms with Crippen LogP contribution in [0.3, 0.4) is 0 Å². The van der Waals surface area contributed by atoms with Crippen LogP contribution in [0, 0.1) is 0 Å². The van der Waals surface area contributed by atoms with Gasteiger partial charge in [-0.2, -0.15) is 0 Å². The number of hydrogen-bond donors (Lipinski definition) is 1. The molecule has 0 saturated carbocycles. The number of para-hydroxylation sites is 1. The molecule has 0 bridgehead atoms. The average molecular weight is 428 g/mol. The highest BCUT2D eigenvalue weighted by molar-refractivity contribution is 6.21. The Labute approximate surface area is 193 Å². The zero-order valence-corrected chi connectivity index (χ0v) is 18.8. The van der Waals surface area contributed by atoms with Crippen molar-refractivity contribution in [3.8, 4) is 11.1 Å². The summed E-state index contributed by atoms with van der Waals surface area (Å²) in [5.41, 5.74) is 7.59. The van der Waals surface area contributed by atoms with E-state index in [4.69, 9.17) is 4.42 Å². The Bertz CT molecular complexity index is 1590. The molecule has 160 valence electrons. The molecule has 33 heavy (non-hydrogen) atoms. The van der Waals surface area contributed by atoms with Gasteiger partial charge in [0, 0.05) is 16.5 Å². The largest absolute Gasteiger partial charge is 0.454 e. The van der Waals surface area contributed by atoms with Crippen molar-refractivity contribution in [1.82, 2.24) is 0 Å². The third kappa shape index (κ3) is 3.35. The molecule has 0 saturated heterocycles. The van der Waals surface area contributed by atoms with Crippen LogP contribution in [0.1, 0.15) is 25.3 Å². The summed E-state index contributed by atoms with van der Waals surface area (Å²) < 4.78 is 6.59. The Kier molecular flexibility index (Phi) is 4.66. The Morgan fingerprint density at radius 3 is 2.12 bits per heavy atom. The van der Waals surface area contributed by atoms with E-state index in [1.54, 1.807) is 0 Å². The van der Waals surface area contributed by atoms with Crippen molar-refractivity contribution < 1.29 is 4.42 Å². The first kappa shape index (κ1) is 19.6. The Morgan fingerprint density at radius 1 is 0.636 bits per heavy atom. The van der Waals surface area contributed by atoms with E-state index in [9.17, 15) is 0 Å². The molecule has 0 unspecified atom stereocenters. The maximum absolute atomic E-state index is 6.59. The summed E-state index contributed by atoms with van der Waals surface area (Å²) in [4.78, 5) is 0. The first-order valence-electron chi connectivity index (χ1n) is 11.5. The normalized spacial score (nSPS) is 11.6. The van der Waals surface area contributed by atoms with E-state index in [-0.39, 0.29) is 0 Å². The van der Waals surface area contributed by atoms with Crippen LogP contribution in [0.25, 0.3) is 43.8 Å². The van der Waals surface area contributed by atoms with Gasteiger partial charge >= 0.3 is 0 Å². The van der Waals surface area contributed by atoms with Gasteiger partial charge in [-0.3, -0.25) is 0 Å². The van der Waals surface area contributed by atoms with Gasteiger partial charge < -0.3 is 9.73 Å². The summed E-state index contributed by atoms with van der Waals surface area (Å²) in [5.74, 6) is 0.375. The molecule has 1 heterocycles. The average Bonchev–Trinajstić information content (AvgIpc) is 3.25. The molecule has 5 aromatic carbocycles. The zero-order chi connectivity index (χ0) is 22.4. The fraction of sp³-hybridized carbons (Fsp3) is 0.0968. The van der Waals surface area contributed by atoms with Crippen LogP contribution in [-0.2, 0) is 0 Å². The number of nitrogens with one attached hydrogen (secondary N) is 1. The predicted octanol–water partition coefficient (Wildman–Crippen LogP) is 9.27. The third-order valence-corrected chi connectivity index (χ3v) is 6.41. The summed E-state index contributed by atoms with van der Waals surface area (Å²) in [6, 6.07) is 36.2. The van der Waals surface area contributed by atoms with Gasteiger partial charge in [-0.15, -0.1) is 0 Å². The number of hydrogen-bond acceptors (Lipinski definition) is 2. The Balaban J connectivity index is 1.48. The summed E-state index contributed by atoms with van der Waals surface area (Å²) in [5, 5.41) is 8.43. The van der Waals surface area contributed by atoms with E-state index in [0.717, 1.165) is 27.9 Å². The molecule has 0 radical (unpaired) electrons. The molecule has 0 aliphatic rings. The summed E-state index contributed by atoms with van der Waals surface area (Å²) in [6.45, 7) is 4.45. The molecule has 1 N–H and O–H groups in total. The fourth-order valence-electron chi connectivity index (χ4n) is 4.73. The van der Waals surface area contributed by atoms with E-state index < -0.39 is 0 Å². The lowest BCUT2D eigenvalue weighted by Crippen LogP contribution is -1.90. The third-order valence-electron chi connectivity index (χ3n) is 6.41. The van der Waals surface area contributed by atoms with Crippen molar-refractivity contribution >= 4 is 44.1 Å². The fourth-order valence-corrected chi connectivity index (χ4v) is 4.73. The van der Waals surface area contributed by atoms with E-state index in [1.807, 2.05) is 6.07 Å². The van der Waals surface area contributed by atoms with Gasteiger partial charge in [-0.1, -0.05) is 92.7 Å². The summed E-state index contributed by atoms with van der Waals surface area (Å²) in [7, 11) is 0. The van der Waals surface area contributed by atoms with Gasteiger partial charge in [0.05, 0.1) is 5.69 Å². The molecular formula is C31H25NO. The molecule has 0 atom stereocenters. The molecule has 0 spiro atoms. The number of furan rings is 1. The van der Waals surface area contributed by atoms with E-state index in [1.165, 1.54) is 32.8 Å². The van der Waals surface area contributed by atoms with Crippen molar-refractivity contribution in [1.29, 1.82) is 0 Å². The number of rotatable bonds is 4. The van der Waals surface area contributed by atoms with Crippen molar-refractivity contribution in [3.05, 3.63) is 109 Å². The van der Waals surface area contributed by atoms with Gasteiger partial charge in [0.2, 0.25) is 0 Å². The van der Waals surface area contributed by atoms with Crippen LogP contribution in [-0.4, -0.2) is 0 Å². The van der Waals surface area contributed by atoms with Crippen LogP contribution in [0.15, 0.2) is 108 Å². The lowest BCUT2D eigenvalue weighted by atomic mass is 9.95. The maximum Gasteiger partial charge on any atom is 0.158 e. The number of fused-ring (bicyclic) bond motifs is 5.